The molecule has 23 heavy (non-hydrogen) atoms. The summed E-state index contributed by atoms with van der Waals surface area (Å²) in [5.74, 6) is 0.939. The van der Waals surface area contributed by atoms with E-state index in [1.54, 1.807) is 12.7 Å². The third-order valence-corrected chi connectivity index (χ3v) is 4.11. The lowest BCUT2D eigenvalue weighted by Crippen LogP contribution is -2.38. The van der Waals surface area contributed by atoms with Gasteiger partial charge in [-0.05, 0) is 52.5 Å². The summed E-state index contributed by atoms with van der Waals surface area (Å²) in [5, 5.41) is 6.78. The smallest absolute Gasteiger partial charge is 0.191 e. The molecule has 0 saturated heterocycles. The largest absolute Gasteiger partial charge is 0.385 e. The standard InChI is InChI=1S/C18H36N4O/c1-4-19-18(20-12-11-17-9-6-5-7-10-17)21-13-15-22(2)14-8-16-23-3/h9H,4-8,10-16H2,1-3H3,(H2,19,20,21). The van der Waals surface area contributed by atoms with Gasteiger partial charge in [-0.1, -0.05) is 11.6 Å². The van der Waals surface area contributed by atoms with Gasteiger partial charge >= 0.3 is 0 Å². The van der Waals surface area contributed by atoms with Gasteiger partial charge in [0.05, 0.1) is 6.54 Å². The second kappa shape index (κ2) is 13.4. The first-order chi connectivity index (χ1) is 11.3. The molecule has 1 aliphatic rings. The van der Waals surface area contributed by atoms with Gasteiger partial charge in [0.2, 0.25) is 0 Å². The fourth-order valence-corrected chi connectivity index (χ4v) is 2.74. The summed E-state index contributed by atoms with van der Waals surface area (Å²) in [5.41, 5.74) is 1.61. The molecule has 1 rings (SSSR count). The zero-order valence-corrected chi connectivity index (χ0v) is 15.4. The van der Waals surface area contributed by atoms with Crippen LogP contribution in [0.25, 0.3) is 0 Å². The fraction of sp³-hybridized carbons (Fsp3) is 0.833. The number of allylic oxidation sites excluding steroid dienone is 1. The van der Waals surface area contributed by atoms with Crippen LogP contribution in [0.15, 0.2) is 16.6 Å². The molecule has 0 bridgehead atoms. The third-order valence-electron chi connectivity index (χ3n) is 4.11. The van der Waals surface area contributed by atoms with Crippen molar-refractivity contribution >= 4 is 5.96 Å². The van der Waals surface area contributed by atoms with E-state index in [4.69, 9.17) is 4.74 Å². The van der Waals surface area contributed by atoms with Crippen LogP contribution >= 0.6 is 0 Å². The van der Waals surface area contributed by atoms with Gasteiger partial charge in [-0.15, -0.1) is 0 Å². The second-order valence-corrected chi connectivity index (χ2v) is 6.20. The number of hydrogen-bond donors (Lipinski definition) is 2. The molecule has 1 aliphatic carbocycles. The van der Waals surface area contributed by atoms with Crippen LogP contribution in [0.1, 0.15) is 45.4 Å². The van der Waals surface area contributed by atoms with Crippen molar-refractivity contribution in [3.8, 4) is 0 Å². The zero-order chi connectivity index (χ0) is 16.8. The minimum absolute atomic E-state index is 0.821. The number of nitrogens with one attached hydrogen (secondary N) is 2. The number of nitrogens with zero attached hydrogens (tertiary/aromatic N) is 2. The highest BCUT2D eigenvalue weighted by molar-refractivity contribution is 5.79. The Labute approximate surface area is 142 Å². The van der Waals surface area contributed by atoms with E-state index in [-0.39, 0.29) is 0 Å². The summed E-state index contributed by atoms with van der Waals surface area (Å²) in [6, 6.07) is 0. The van der Waals surface area contributed by atoms with E-state index in [2.05, 4.69) is 40.6 Å². The summed E-state index contributed by atoms with van der Waals surface area (Å²) < 4.78 is 5.08. The molecule has 5 heteroatoms. The highest BCUT2D eigenvalue weighted by atomic mass is 16.5. The second-order valence-electron chi connectivity index (χ2n) is 6.20. The van der Waals surface area contributed by atoms with Gasteiger partial charge in [0, 0.05) is 39.9 Å². The van der Waals surface area contributed by atoms with E-state index in [1.807, 2.05) is 0 Å². The van der Waals surface area contributed by atoms with E-state index in [9.17, 15) is 0 Å². The lowest BCUT2D eigenvalue weighted by molar-refractivity contribution is 0.180. The van der Waals surface area contributed by atoms with Crippen molar-refractivity contribution in [3.05, 3.63) is 11.6 Å². The van der Waals surface area contributed by atoms with Crippen LogP contribution in [0.4, 0.5) is 0 Å². The minimum Gasteiger partial charge on any atom is -0.385 e. The number of ether oxygens (including phenoxy) is 1. The van der Waals surface area contributed by atoms with Crippen molar-refractivity contribution in [1.82, 2.24) is 15.5 Å². The van der Waals surface area contributed by atoms with Crippen molar-refractivity contribution in [1.29, 1.82) is 0 Å². The van der Waals surface area contributed by atoms with Gasteiger partial charge in [-0.2, -0.15) is 0 Å². The molecule has 0 aromatic rings. The van der Waals surface area contributed by atoms with E-state index in [0.717, 1.165) is 58.1 Å². The quantitative estimate of drug-likeness (QED) is 0.265. The Balaban J connectivity index is 2.22. The van der Waals surface area contributed by atoms with Crippen LogP contribution in [0.3, 0.4) is 0 Å². The van der Waals surface area contributed by atoms with Crippen molar-refractivity contribution in [2.24, 2.45) is 4.99 Å². The zero-order valence-electron chi connectivity index (χ0n) is 15.4. The number of likely N-dealkylation sites (N-methyl/N-ethyl adjacent to an activating group) is 1. The predicted molar refractivity (Wildman–Crippen MR) is 99.1 cm³/mol. The monoisotopic (exact) mass is 324 g/mol. The number of guanidine groups is 1. The van der Waals surface area contributed by atoms with Crippen LogP contribution in [-0.2, 0) is 4.74 Å². The van der Waals surface area contributed by atoms with Gasteiger partial charge in [0.1, 0.15) is 0 Å². The van der Waals surface area contributed by atoms with Crippen molar-refractivity contribution in [2.75, 3.05) is 53.5 Å². The average molecular weight is 325 g/mol. The van der Waals surface area contributed by atoms with E-state index < -0.39 is 0 Å². The van der Waals surface area contributed by atoms with Crippen LogP contribution in [0.5, 0.6) is 0 Å². The minimum atomic E-state index is 0.821. The molecule has 0 fully saturated rings. The number of aliphatic imine (C=N–C) groups is 1. The highest BCUT2D eigenvalue weighted by Gasteiger charge is 2.04. The first-order valence-corrected chi connectivity index (χ1v) is 9.13. The highest BCUT2D eigenvalue weighted by Crippen LogP contribution is 2.19. The van der Waals surface area contributed by atoms with E-state index >= 15 is 0 Å². The Hall–Kier alpha value is -1.07. The molecule has 0 saturated carbocycles. The Bertz CT molecular complexity index is 355. The number of hydrogen-bond acceptors (Lipinski definition) is 3. The van der Waals surface area contributed by atoms with Gasteiger partial charge in [-0.3, -0.25) is 4.99 Å². The summed E-state index contributed by atoms with van der Waals surface area (Å²) >= 11 is 0. The van der Waals surface area contributed by atoms with Gasteiger partial charge in [-0.25, -0.2) is 0 Å². The van der Waals surface area contributed by atoms with Crippen LogP contribution in [-0.4, -0.2) is 64.3 Å². The lowest BCUT2D eigenvalue weighted by Gasteiger charge is -2.17. The Kier molecular flexibility index (Phi) is 11.6. The molecule has 0 radical (unpaired) electrons. The fourth-order valence-electron chi connectivity index (χ4n) is 2.74. The SMILES string of the molecule is CCNC(=NCCN(C)CCCOC)NCCC1=CCCCC1. The molecular weight excluding hydrogens is 288 g/mol. The molecule has 2 N–H and O–H groups in total. The van der Waals surface area contributed by atoms with Crippen molar-refractivity contribution in [3.63, 3.8) is 0 Å². The van der Waals surface area contributed by atoms with Crippen LogP contribution in [0.2, 0.25) is 0 Å². The first-order valence-electron chi connectivity index (χ1n) is 9.13. The average Bonchev–Trinajstić information content (AvgIpc) is 2.56. The molecule has 0 aliphatic heterocycles. The summed E-state index contributed by atoms with van der Waals surface area (Å²) in [7, 11) is 3.89. The number of rotatable bonds is 11. The molecule has 0 amide bonds. The molecular formula is C18H36N4O. The van der Waals surface area contributed by atoms with Gasteiger partial charge < -0.3 is 20.3 Å². The van der Waals surface area contributed by atoms with Crippen LogP contribution in [0, 0.1) is 0 Å². The normalized spacial score (nSPS) is 15.7. The molecule has 0 aromatic heterocycles. The summed E-state index contributed by atoms with van der Waals surface area (Å²) in [6.07, 6.45) is 9.89. The molecule has 134 valence electrons. The molecule has 0 spiro atoms. The topological polar surface area (TPSA) is 48.9 Å². The maximum atomic E-state index is 5.08. The summed E-state index contributed by atoms with van der Waals surface area (Å²) in [6.45, 7) is 7.67. The van der Waals surface area contributed by atoms with Crippen LogP contribution < -0.4 is 10.6 Å². The van der Waals surface area contributed by atoms with E-state index in [1.165, 1.54) is 25.7 Å². The van der Waals surface area contributed by atoms with Crippen molar-refractivity contribution < 1.29 is 4.74 Å². The Morgan fingerprint density at radius 3 is 2.87 bits per heavy atom. The molecule has 5 nitrogen and oxygen atoms in total. The van der Waals surface area contributed by atoms with E-state index in [0.29, 0.717) is 0 Å². The molecule has 0 unspecified atom stereocenters. The van der Waals surface area contributed by atoms with Gasteiger partial charge in [0.15, 0.2) is 5.96 Å². The van der Waals surface area contributed by atoms with Crippen molar-refractivity contribution in [2.45, 2.75) is 45.4 Å². The molecule has 0 atom stereocenters. The first kappa shape index (κ1) is 20.0. The number of methoxy groups -OCH3 is 1. The lowest BCUT2D eigenvalue weighted by atomic mass is 9.97. The maximum absolute atomic E-state index is 5.08. The maximum Gasteiger partial charge on any atom is 0.191 e. The molecule has 0 heterocycles. The Morgan fingerprint density at radius 1 is 1.30 bits per heavy atom. The Morgan fingerprint density at radius 2 is 2.17 bits per heavy atom. The third kappa shape index (κ3) is 10.3. The predicted octanol–water partition coefficient (Wildman–Crippen LogP) is 2.40. The summed E-state index contributed by atoms with van der Waals surface area (Å²) in [4.78, 5) is 6.97. The molecule has 0 aromatic carbocycles. The van der Waals surface area contributed by atoms with Gasteiger partial charge in [0.25, 0.3) is 0 Å².